The first kappa shape index (κ1) is 13.9. The van der Waals surface area contributed by atoms with Gasteiger partial charge in [0.2, 0.25) is 0 Å². The van der Waals surface area contributed by atoms with Gasteiger partial charge in [0, 0.05) is 27.9 Å². The monoisotopic (exact) mass is 323 g/mol. The van der Waals surface area contributed by atoms with Gasteiger partial charge in [-0.3, -0.25) is 0 Å². The molecule has 0 bridgehead atoms. The molecule has 3 aromatic rings. The van der Waals surface area contributed by atoms with Crippen molar-refractivity contribution in [3.05, 3.63) is 34.2 Å². The first-order valence-electron chi connectivity index (χ1n) is 6.38. The van der Waals surface area contributed by atoms with Crippen molar-refractivity contribution in [2.45, 2.75) is 26.4 Å². The van der Waals surface area contributed by atoms with Crippen molar-refractivity contribution in [1.29, 1.82) is 0 Å². The van der Waals surface area contributed by atoms with Gasteiger partial charge in [-0.25, -0.2) is 0 Å². The topological polar surface area (TPSA) is 37.8 Å². The zero-order valence-corrected chi connectivity index (χ0v) is 13.6. The molecule has 0 unspecified atom stereocenters. The zero-order chi connectivity index (χ0) is 14.1. The fourth-order valence-electron chi connectivity index (χ4n) is 1.97. The van der Waals surface area contributed by atoms with Crippen molar-refractivity contribution in [2.24, 2.45) is 0 Å². The molecule has 0 spiro atoms. The van der Waals surface area contributed by atoms with E-state index in [-0.39, 0.29) is 0 Å². The minimum Gasteiger partial charge on any atom is -0.310 e. The molecule has 0 atom stereocenters. The molecule has 0 aliphatic carbocycles. The predicted molar refractivity (Wildman–Crippen MR) is 87.7 cm³/mol. The van der Waals surface area contributed by atoms with E-state index >= 15 is 0 Å². The smallest absolute Gasteiger partial charge is 0.114 e. The molecule has 0 radical (unpaired) electrons. The Morgan fingerprint density at radius 2 is 2.05 bits per heavy atom. The Balaban J connectivity index is 1.99. The van der Waals surface area contributed by atoms with E-state index in [0.29, 0.717) is 6.04 Å². The number of rotatable bonds is 4. The van der Waals surface area contributed by atoms with E-state index in [4.69, 9.17) is 11.6 Å². The van der Waals surface area contributed by atoms with Crippen LogP contribution < -0.4 is 5.32 Å². The molecular formula is C14H14ClN3S2. The van der Waals surface area contributed by atoms with Crippen LogP contribution in [0.5, 0.6) is 0 Å². The van der Waals surface area contributed by atoms with Crippen molar-refractivity contribution in [3.8, 4) is 10.4 Å². The second-order valence-electron chi connectivity index (χ2n) is 4.86. The summed E-state index contributed by atoms with van der Waals surface area (Å²) < 4.78 is 8.65. The number of hydrogen-bond acceptors (Lipinski definition) is 5. The van der Waals surface area contributed by atoms with Crippen LogP contribution in [-0.2, 0) is 6.54 Å². The molecule has 2 heterocycles. The lowest BCUT2D eigenvalue weighted by Crippen LogP contribution is -2.21. The molecule has 1 N–H and O–H groups in total. The first-order chi connectivity index (χ1) is 9.65. The third kappa shape index (κ3) is 2.72. The molecule has 0 saturated heterocycles. The summed E-state index contributed by atoms with van der Waals surface area (Å²) in [6, 6.07) is 8.55. The van der Waals surface area contributed by atoms with E-state index in [1.54, 1.807) is 11.3 Å². The molecule has 3 rings (SSSR count). The van der Waals surface area contributed by atoms with Gasteiger partial charge >= 0.3 is 0 Å². The number of hydrogen-bond donors (Lipinski definition) is 1. The van der Waals surface area contributed by atoms with Crippen LogP contribution in [0.25, 0.3) is 21.5 Å². The fourth-order valence-corrected chi connectivity index (χ4v) is 3.84. The highest BCUT2D eigenvalue weighted by Gasteiger charge is 2.14. The Hall–Kier alpha value is -1.01. The Morgan fingerprint density at radius 1 is 1.20 bits per heavy atom. The van der Waals surface area contributed by atoms with Crippen LogP contribution in [0.15, 0.2) is 24.3 Å². The predicted octanol–water partition coefficient (Wildman–Crippen LogP) is 4.57. The van der Waals surface area contributed by atoms with E-state index in [9.17, 15) is 0 Å². The number of nitrogens with one attached hydrogen (secondary N) is 1. The van der Waals surface area contributed by atoms with Crippen LogP contribution in [0.1, 0.15) is 18.7 Å². The van der Waals surface area contributed by atoms with Crippen molar-refractivity contribution in [3.63, 3.8) is 0 Å². The zero-order valence-electron chi connectivity index (χ0n) is 11.2. The van der Waals surface area contributed by atoms with Crippen LogP contribution in [-0.4, -0.2) is 14.8 Å². The summed E-state index contributed by atoms with van der Waals surface area (Å²) in [5.41, 5.74) is 2.80. The highest BCUT2D eigenvalue weighted by Crippen LogP contribution is 2.38. The Kier molecular flexibility index (Phi) is 4.03. The molecule has 0 amide bonds. The van der Waals surface area contributed by atoms with Crippen LogP contribution in [0.2, 0.25) is 5.02 Å². The summed E-state index contributed by atoms with van der Waals surface area (Å²) in [5, 5.41) is 4.16. The molecule has 104 valence electrons. The van der Waals surface area contributed by atoms with Crippen molar-refractivity contribution < 1.29 is 0 Å². The molecule has 20 heavy (non-hydrogen) atoms. The van der Waals surface area contributed by atoms with Gasteiger partial charge in [0.25, 0.3) is 0 Å². The number of benzene rings is 1. The summed E-state index contributed by atoms with van der Waals surface area (Å²) in [7, 11) is 0. The summed E-state index contributed by atoms with van der Waals surface area (Å²) in [5.74, 6) is 0. The number of aromatic nitrogens is 2. The van der Waals surface area contributed by atoms with Gasteiger partial charge < -0.3 is 5.32 Å². The highest BCUT2D eigenvalue weighted by molar-refractivity contribution is 7.15. The number of nitrogens with zero attached hydrogens (tertiary/aromatic N) is 2. The molecule has 1 aromatic carbocycles. The van der Waals surface area contributed by atoms with Gasteiger partial charge in [-0.1, -0.05) is 25.4 Å². The average molecular weight is 324 g/mol. The molecule has 0 aliphatic rings. The van der Waals surface area contributed by atoms with Gasteiger partial charge in [-0.2, -0.15) is 8.75 Å². The Labute approximate surface area is 130 Å². The normalized spacial score (nSPS) is 11.6. The Morgan fingerprint density at radius 3 is 2.85 bits per heavy atom. The molecule has 2 aromatic heterocycles. The lowest BCUT2D eigenvalue weighted by Gasteiger charge is -2.05. The Bertz CT molecular complexity index is 733. The van der Waals surface area contributed by atoms with Crippen LogP contribution >= 0.6 is 34.7 Å². The second kappa shape index (κ2) is 5.77. The minimum absolute atomic E-state index is 0.482. The van der Waals surface area contributed by atoms with E-state index in [1.807, 2.05) is 12.1 Å². The minimum atomic E-state index is 0.482. The van der Waals surface area contributed by atoms with Gasteiger partial charge in [0.15, 0.2) is 0 Å². The van der Waals surface area contributed by atoms with E-state index in [1.165, 1.54) is 16.6 Å². The molecule has 0 aliphatic heterocycles. The quantitative estimate of drug-likeness (QED) is 0.764. The van der Waals surface area contributed by atoms with Gasteiger partial charge in [0.1, 0.15) is 11.0 Å². The summed E-state index contributed by atoms with van der Waals surface area (Å²) >= 11 is 9.33. The van der Waals surface area contributed by atoms with Crippen LogP contribution in [0, 0.1) is 0 Å². The third-order valence-corrected chi connectivity index (χ3v) is 4.93. The number of fused-ring (bicyclic) bond motifs is 1. The maximum Gasteiger partial charge on any atom is 0.114 e. The van der Waals surface area contributed by atoms with Crippen molar-refractivity contribution in [2.75, 3.05) is 0 Å². The molecule has 6 heteroatoms. The molecule has 0 saturated carbocycles. The van der Waals surface area contributed by atoms with Gasteiger partial charge in [0.05, 0.1) is 16.8 Å². The number of halogens is 1. The fraction of sp³-hybridized carbons (Fsp3) is 0.286. The van der Waals surface area contributed by atoms with Gasteiger partial charge in [-0.15, -0.1) is 11.3 Å². The third-order valence-electron chi connectivity index (χ3n) is 2.97. The van der Waals surface area contributed by atoms with E-state index < -0.39 is 0 Å². The summed E-state index contributed by atoms with van der Waals surface area (Å²) in [4.78, 5) is 2.44. The van der Waals surface area contributed by atoms with E-state index in [0.717, 1.165) is 33.0 Å². The van der Waals surface area contributed by atoms with Crippen LogP contribution in [0.3, 0.4) is 0 Å². The van der Waals surface area contributed by atoms with Crippen LogP contribution in [0.4, 0.5) is 0 Å². The maximum atomic E-state index is 6.36. The molecule has 3 nitrogen and oxygen atoms in total. The summed E-state index contributed by atoms with van der Waals surface area (Å²) in [6.07, 6.45) is 0. The SMILES string of the molecule is CC(C)NCc1ccc(-c2c(Cl)ccc3nsnc23)s1. The maximum absolute atomic E-state index is 6.36. The van der Waals surface area contributed by atoms with Crippen molar-refractivity contribution in [1.82, 2.24) is 14.1 Å². The molecular weight excluding hydrogens is 310 g/mol. The molecule has 0 fully saturated rings. The second-order valence-corrected chi connectivity index (χ2v) is 6.96. The van der Waals surface area contributed by atoms with Gasteiger partial charge in [-0.05, 0) is 24.3 Å². The lowest BCUT2D eigenvalue weighted by molar-refractivity contribution is 0.593. The average Bonchev–Trinajstić information content (AvgIpc) is 3.04. The lowest BCUT2D eigenvalue weighted by atomic mass is 10.1. The first-order valence-corrected chi connectivity index (χ1v) is 8.31. The van der Waals surface area contributed by atoms with E-state index in [2.05, 4.69) is 40.0 Å². The number of thiophene rings is 1. The largest absolute Gasteiger partial charge is 0.310 e. The standard InChI is InChI=1S/C14H14ClN3S2/c1-8(2)16-7-9-3-6-12(19-9)13-10(15)4-5-11-14(13)18-20-17-11/h3-6,8,16H,7H2,1-2H3. The van der Waals surface area contributed by atoms with Crippen molar-refractivity contribution >= 4 is 45.7 Å². The summed E-state index contributed by atoms with van der Waals surface area (Å²) in [6.45, 7) is 5.17. The highest BCUT2D eigenvalue weighted by atomic mass is 35.5.